The predicted octanol–water partition coefficient (Wildman–Crippen LogP) is 7.37. The number of anilines is 2. The lowest BCUT2D eigenvalue weighted by molar-refractivity contribution is -0.147. The highest BCUT2D eigenvalue weighted by Gasteiger charge is 2.37. The van der Waals surface area contributed by atoms with E-state index in [-0.39, 0.29) is 47.5 Å². The van der Waals surface area contributed by atoms with Crippen molar-refractivity contribution in [2.75, 3.05) is 23.6 Å². The van der Waals surface area contributed by atoms with Crippen LogP contribution in [0, 0.1) is 11.6 Å². The lowest BCUT2D eigenvalue weighted by Crippen LogP contribution is -2.29. The second-order valence-electron chi connectivity index (χ2n) is 9.85. The highest BCUT2D eigenvalue weighted by Crippen LogP contribution is 2.40. The van der Waals surface area contributed by atoms with E-state index >= 15 is 0 Å². The fourth-order valence-corrected chi connectivity index (χ4v) is 4.54. The number of carbonyl (C=O) groups is 1. The maximum Gasteiger partial charge on any atom is 0.417 e. The average molecular weight is 618 g/mol. The van der Waals surface area contributed by atoms with Gasteiger partial charge < -0.3 is 18.6 Å². The molecule has 232 valence electrons. The number of carbonyl (C=O) groups excluding carboxylic acids is 1. The second-order valence-corrected chi connectivity index (χ2v) is 9.85. The number of hydrogen-bond donors (Lipinski definition) is 1. The number of nitrogens with one attached hydrogen (secondary N) is 1. The van der Waals surface area contributed by atoms with Crippen LogP contribution in [-0.4, -0.2) is 33.9 Å². The van der Waals surface area contributed by atoms with Gasteiger partial charge in [0.1, 0.15) is 17.1 Å². The van der Waals surface area contributed by atoms with Gasteiger partial charge in [0.25, 0.3) is 0 Å². The standard InChI is InChI=1S/C30H28F5N5O4/c1-3-5-14-43-29(41)27(39-17-36-28-24(39)11-12-40(37-28)23-8-6-7-21(31)26(23)32)25-16-22(38-44-25)19-10-9-18(42-13-4-2)15-20(19)30(33,34)35/h6-12,15-17,27,37H,3-5,13-14H2,1-2H3. The van der Waals surface area contributed by atoms with E-state index in [1.807, 2.05) is 13.8 Å². The van der Waals surface area contributed by atoms with E-state index in [4.69, 9.17) is 14.0 Å². The molecular weight excluding hydrogens is 589 g/mol. The molecule has 0 amide bonds. The maximum absolute atomic E-state index is 14.4. The van der Waals surface area contributed by atoms with Crippen LogP contribution in [0.25, 0.3) is 17.3 Å². The van der Waals surface area contributed by atoms with Crippen molar-refractivity contribution in [3.05, 3.63) is 83.6 Å². The largest absolute Gasteiger partial charge is 0.494 e. The first-order valence-electron chi connectivity index (χ1n) is 13.8. The molecule has 1 unspecified atom stereocenters. The number of benzene rings is 2. The van der Waals surface area contributed by atoms with Crippen molar-refractivity contribution in [1.82, 2.24) is 14.7 Å². The first kappa shape index (κ1) is 30.6. The number of ether oxygens (including phenoxy) is 2. The van der Waals surface area contributed by atoms with E-state index in [0.29, 0.717) is 18.5 Å². The number of esters is 1. The molecule has 4 aromatic rings. The van der Waals surface area contributed by atoms with Crippen molar-refractivity contribution in [1.29, 1.82) is 0 Å². The number of aromatic nitrogens is 3. The zero-order chi connectivity index (χ0) is 31.4. The topological polar surface area (TPSA) is 94.7 Å². The number of hydrazine groups is 1. The molecule has 0 bridgehead atoms. The Morgan fingerprint density at radius 3 is 2.66 bits per heavy atom. The van der Waals surface area contributed by atoms with Crippen molar-refractivity contribution in [3.8, 4) is 17.0 Å². The van der Waals surface area contributed by atoms with Gasteiger partial charge in [-0.25, -0.2) is 18.6 Å². The molecule has 1 aliphatic heterocycles. The Balaban J connectivity index is 1.51. The molecule has 3 heterocycles. The molecule has 2 aromatic carbocycles. The van der Waals surface area contributed by atoms with Crippen LogP contribution in [0.3, 0.4) is 0 Å². The zero-order valence-corrected chi connectivity index (χ0v) is 23.7. The molecule has 0 saturated carbocycles. The van der Waals surface area contributed by atoms with Crippen molar-refractivity contribution < 1.29 is 40.7 Å². The summed E-state index contributed by atoms with van der Waals surface area (Å²) in [6.45, 7) is 4.10. The van der Waals surface area contributed by atoms with Gasteiger partial charge in [0, 0.05) is 17.8 Å². The third-order valence-electron chi connectivity index (χ3n) is 6.72. The highest BCUT2D eigenvalue weighted by atomic mass is 19.4. The summed E-state index contributed by atoms with van der Waals surface area (Å²) in [7, 11) is 0. The van der Waals surface area contributed by atoms with Crippen LogP contribution in [0.2, 0.25) is 0 Å². The van der Waals surface area contributed by atoms with Crippen LogP contribution >= 0.6 is 0 Å². The number of alkyl halides is 3. The Morgan fingerprint density at radius 2 is 1.91 bits per heavy atom. The summed E-state index contributed by atoms with van der Waals surface area (Å²) >= 11 is 0. The molecule has 1 atom stereocenters. The van der Waals surface area contributed by atoms with E-state index in [1.54, 1.807) is 0 Å². The fourth-order valence-electron chi connectivity index (χ4n) is 4.54. The summed E-state index contributed by atoms with van der Waals surface area (Å²) in [4.78, 5) is 17.7. The van der Waals surface area contributed by atoms with Gasteiger partial charge in [0.2, 0.25) is 0 Å². The lowest BCUT2D eigenvalue weighted by atomic mass is 10.0. The summed E-state index contributed by atoms with van der Waals surface area (Å²) in [6.07, 6.45) is 1.42. The molecule has 0 fully saturated rings. The number of hydrogen-bond acceptors (Lipinski definition) is 8. The highest BCUT2D eigenvalue weighted by molar-refractivity contribution is 5.80. The van der Waals surface area contributed by atoms with Crippen LogP contribution in [0.1, 0.15) is 56.2 Å². The Hall–Kier alpha value is -4.88. The third kappa shape index (κ3) is 6.24. The van der Waals surface area contributed by atoms with Gasteiger partial charge >= 0.3 is 12.1 Å². The van der Waals surface area contributed by atoms with Gasteiger partial charge in [0.05, 0.1) is 30.8 Å². The summed E-state index contributed by atoms with van der Waals surface area (Å²) in [6, 6.07) is 7.14. The average Bonchev–Trinajstić information content (AvgIpc) is 3.65. The van der Waals surface area contributed by atoms with E-state index in [2.05, 4.69) is 15.6 Å². The minimum Gasteiger partial charge on any atom is -0.494 e. The van der Waals surface area contributed by atoms with Crippen molar-refractivity contribution in [3.63, 3.8) is 0 Å². The quantitative estimate of drug-likeness (QED) is 0.106. The van der Waals surface area contributed by atoms with Gasteiger partial charge in [-0.3, -0.25) is 10.4 Å². The Kier molecular flexibility index (Phi) is 8.88. The van der Waals surface area contributed by atoms with Gasteiger partial charge in [0.15, 0.2) is 29.3 Å². The Bertz CT molecular complexity index is 1670. The number of imidazole rings is 1. The first-order valence-corrected chi connectivity index (χ1v) is 13.8. The number of fused-ring (bicyclic) bond motifs is 1. The molecule has 1 N–H and O–H groups in total. The van der Waals surface area contributed by atoms with Gasteiger partial charge in [-0.05, 0) is 49.2 Å². The molecule has 1 aliphatic rings. The van der Waals surface area contributed by atoms with Crippen LogP contribution in [0.5, 0.6) is 5.75 Å². The summed E-state index contributed by atoms with van der Waals surface area (Å²) in [5.41, 5.74) is 1.67. The normalized spacial score (nSPS) is 13.4. The monoisotopic (exact) mass is 617 g/mol. The van der Waals surface area contributed by atoms with E-state index < -0.39 is 35.4 Å². The summed E-state index contributed by atoms with van der Waals surface area (Å²) < 4.78 is 88.1. The third-order valence-corrected chi connectivity index (χ3v) is 6.72. The van der Waals surface area contributed by atoms with E-state index in [0.717, 1.165) is 18.6 Å². The minimum absolute atomic E-state index is 0.0560. The number of unbranched alkanes of at least 4 members (excludes halogenated alkanes) is 1. The Morgan fingerprint density at radius 1 is 1.09 bits per heavy atom. The maximum atomic E-state index is 14.4. The molecule has 0 saturated heterocycles. The molecule has 0 spiro atoms. The number of rotatable bonds is 11. The van der Waals surface area contributed by atoms with E-state index in [9.17, 15) is 26.7 Å². The van der Waals surface area contributed by atoms with E-state index in [1.165, 1.54) is 58.5 Å². The predicted molar refractivity (Wildman–Crippen MR) is 150 cm³/mol. The van der Waals surface area contributed by atoms with Crippen LogP contribution in [-0.2, 0) is 15.7 Å². The smallest absolute Gasteiger partial charge is 0.417 e. The van der Waals surface area contributed by atoms with Crippen LogP contribution in [0.15, 0.2) is 59.5 Å². The molecular formula is C30H28F5N5O4. The van der Waals surface area contributed by atoms with Crippen molar-refractivity contribution >= 4 is 23.6 Å². The fraction of sp³-hybridized carbons (Fsp3) is 0.300. The SMILES string of the molecule is CCCCOC(=O)C(c1cc(-c2ccc(OCCC)cc2C(F)(F)F)no1)n1cnc2c1C=CN(c1cccc(F)c1F)N2. The van der Waals surface area contributed by atoms with Crippen LogP contribution < -0.4 is 15.2 Å². The van der Waals surface area contributed by atoms with Gasteiger partial charge in [-0.15, -0.1) is 0 Å². The first-order chi connectivity index (χ1) is 21.1. The number of nitrogens with zero attached hydrogens (tertiary/aromatic N) is 4. The lowest BCUT2D eigenvalue weighted by Gasteiger charge is -2.26. The Labute approximate surface area is 248 Å². The summed E-state index contributed by atoms with van der Waals surface area (Å²) in [5.74, 6) is -2.74. The minimum atomic E-state index is -4.73. The molecule has 9 nitrogen and oxygen atoms in total. The molecule has 0 radical (unpaired) electrons. The van der Waals surface area contributed by atoms with Gasteiger partial charge in [-0.1, -0.05) is 31.5 Å². The summed E-state index contributed by atoms with van der Waals surface area (Å²) in [5, 5.41) is 5.08. The molecule has 5 rings (SSSR count). The van der Waals surface area contributed by atoms with Crippen LogP contribution in [0.4, 0.5) is 33.5 Å². The molecule has 0 aliphatic carbocycles. The zero-order valence-electron chi connectivity index (χ0n) is 23.7. The van der Waals surface area contributed by atoms with Crippen molar-refractivity contribution in [2.24, 2.45) is 0 Å². The molecule has 14 heteroatoms. The molecule has 2 aromatic heterocycles. The molecule has 44 heavy (non-hydrogen) atoms. The second kappa shape index (κ2) is 12.8. The number of halogens is 5. The van der Waals surface area contributed by atoms with Gasteiger partial charge in [-0.2, -0.15) is 13.2 Å². The van der Waals surface area contributed by atoms with Crippen molar-refractivity contribution in [2.45, 2.75) is 45.3 Å².